The Morgan fingerprint density at radius 1 is 1.30 bits per heavy atom. The molecule has 0 aliphatic carbocycles. The lowest BCUT2D eigenvalue weighted by molar-refractivity contribution is -0.385. The minimum atomic E-state index is -0.561. The second-order valence-corrected chi connectivity index (χ2v) is 4.95. The van der Waals surface area contributed by atoms with E-state index in [0.29, 0.717) is 17.7 Å². The number of hydrogen-bond acceptors (Lipinski definition) is 5. The Hall–Kier alpha value is -2.96. The van der Waals surface area contributed by atoms with Crippen LogP contribution in [0.5, 0.6) is 0 Å². The number of carbonyl (C=O) groups excluding carboxylic acids is 1. The van der Waals surface area contributed by atoms with E-state index in [2.05, 4.69) is 0 Å². The molecule has 7 heteroatoms. The Kier molecular flexibility index (Phi) is 5.24. The molecule has 0 saturated carbocycles. The van der Waals surface area contributed by atoms with Gasteiger partial charge in [0.2, 0.25) is 0 Å². The van der Waals surface area contributed by atoms with E-state index in [9.17, 15) is 19.7 Å². The standard InChI is InChI=1S/C16H16N2O5/c1-2-8-23-16(20)13-5-3-4-12(9-13)10-17-11-14(18(21)22)6-7-15(17)19/h3-7,9,11H,2,8,10H2,1H3. The summed E-state index contributed by atoms with van der Waals surface area (Å²) in [4.78, 5) is 33.9. The van der Waals surface area contributed by atoms with E-state index in [4.69, 9.17) is 4.74 Å². The van der Waals surface area contributed by atoms with Gasteiger partial charge in [-0.3, -0.25) is 14.9 Å². The summed E-state index contributed by atoms with van der Waals surface area (Å²) in [7, 11) is 0. The first kappa shape index (κ1) is 16.4. The lowest BCUT2D eigenvalue weighted by Gasteiger charge is -2.08. The van der Waals surface area contributed by atoms with Crippen molar-refractivity contribution in [3.05, 3.63) is 74.2 Å². The van der Waals surface area contributed by atoms with E-state index in [1.54, 1.807) is 24.3 Å². The molecular weight excluding hydrogens is 300 g/mol. The average molecular weight is 316 g/mol. The number of nitro groups is 1. The molecule has 0 bridgehead atoms. The highest BCUT2D eigenvalue weighted by Gasteiger charge is 2.10. The highest BCUT2D eigenvalue weighted by atomic mass is 16.6. The van der Waals surface area contributed by atoms with E-state index >= 15 is 0 Å². The maximum absolute atomic E-state index is 11.8. The Bertz CT molecular complexity index is 782. The van der Waals surface area contributed by atoms with Gasteiger partial charge in [-0.25, -0.2) is 4.79 Å². The Morgan fingerprint density at radius 2 is 2.09 bits per heavy atom. The quantitative estimate of drug-likeness (QED) is 0.463. The molecule has 2 rings (SSSR count). The van der Waals surface area contributed by atoms with E-state index < -0.39 is 10.9 Å². The van der Waals surface area contributed by atoms with Crippen molar-refractivity contribution in [2.75, 3.05) is 6.61 Å². The van der Waals surface area contributed by atoms with Gasteiger partial charge in [0.25, 0.3) is 11.2 Å². The van der Waals surface area contributed by atoms with Crippen LogP contribution in [0.15, 0.2) is 47.4 Å². The summed E-state index contributed by atoms with van der Waals surface area (Å²) in [5, 5.41) is 10.8. The maximum Gasteiger partial charge on any atom is 0.338 e. The third-order valence-electron chi connectivity index (χ3n) is 3.13. The number of hydrogen-bond donors (Lipinski definition) is 0. The molecule has 0 unspecified atom stereocenters. The maximum atomic E-state index is 11.8. The predicted octanol–water partition coefficient (Wildman–Crippen LogP) is 2.37. The van der Waals surface area contributed by atoms with Gasteiger partial charge < -0.3 is 9.30 Å². The number of rotatable bonds is 6. The van der Waals surface area contributed by atoms with Crippen LogP contribution in [0, 0.1) is 10.1 Å². The molecular formula is C16H16N2O5. The molecule has 23 heavy (non-hydrogen) atoms. The number of nitrogens with zero attached hydrogens (tertiary/aromatic N) is 2. The number of aromatic nitrogens is 1. The first-order valence-corrected chi connectivity index (χ1v) is 7.12. The van der Waals surface area contributed by atoms with Crippen LogP contribution < -0.4 is 5.56 Å². The number of benzene rings is 1. The summed E-state index contributed by atoms with van der Waals surface area (Å²) in [5.41, 5.74) is 0.547. The van der Waals surface area contributed by atoms with Crippen molar-refractivity contribution >= 4 is 11.7 Å². The molecule has 0 radical (unpaired) electrons. The first-order valence-electron chi connectivity index (χ1n) is 7.12. The second kappa shape index (κ2) is 7.35. The molecule has 0 aliphatic rings. The molecule has 7 nitrogen and oxygen atoms in total. The van der Waals surface area contributed by atoms with Crippen LogP contribution in [0.3, 0.4) is 0 Å². The lowest BCUT2D eigenvalue weighted by atomic mass is 10.1. The van der Waals surface area contributed by atoms with Crippen molar-refractivity contribution in [2.45, 2.75) is 19.9 Å². The smallest absolute Gasteiger partial charge is 0.338 e. The number of ether oxygens (including phenoxy) is 1. The summed E-state index contributed by atoms with van der Waals surface area (Å²) in [5.74, 6) is -0.430. The molecule has 0 atom stereocenters. The monoisotopic (exact) mass is 316 g/mol. The third kappa shape index (κ3) is 4.26. The molecule has 1 aromatic heterocycles. The molecule has 0 aliphatic heterocycles. The fourth-order valence-corrected chi connectivity index (χ4v) is 2.02. The SMILES string of the molecule is CCCOC(=O)c1cccc(Cn2cc([N+](=O)[O-])ccc2=O)c1. The van der Waals surface area contributed by atoms with E-state index in [1.165, 1.54) is 10.8 Å². The van der Waals surface area contributed by atoms with Crippen LogP contribution in [-0.2, 0) is 11.3 Å². The van der Waals surface area contributed by atoms with Gasteiger partial charge in [0.05, 0.1) is 29.8 Å². The molecule has 1 heterocycles. The van der Waals surface area contributed by atoms with Crippen LogP contribution in [-0.4, -0.2) is 22.1 Å². The molecule has 0 saturated heterocycles. The average Bonchev–Trinajstić information content (AvgIpc) is 2.54. The predicted molar refractivity (Wildman–Crippen MR) is 83.5 cm³/mol. The van der Waals surface area contributed by atoms with Crippen LogP contribution in [0.1, 0.15) is 29.3 Å². The molecule has 0 amide bonds. The first-order chi connectivity index (χ1) is 11.0. The summed E-state index contributed by atoms with van der Waals surface area (Å²) in [6, 6.07) is 8.97. The van der Waals surface area contributed by atoms with Gasteiger partial charge in [-0.05, 0) is 24.1 Å². The van der Waals surface area contributed by atoms with Crippen molar-refractivity contribution < 1.29 is 14.5 Å². The molecule has 0 N–H and O–H groups in total. The minimum Gasteiger partial charge on any atom is -0.462 e. The van der Waals surface area contributed by atoms with Crippen LogP contribution >= 0.6 is 0 Å². The van der Waals surface area contributed by atoms with Gasteiger partial charge in [-0.2, -0.15) is 0 Å². The zero-order valence-electron chi connectivity index (χ0n) is 12.6. The van der Waals surface area contributed by atoms with Crippen molar-refractivity contribution in [1.82, 2.24) is 4.57 Å². The van der Waals surface area contributed by atoms with Gasteiger partial charge in [-0.15, -0.1) is 0 Å². The van der Waals surface area contributed by atoms with Gasteiger partial charge in [0, 0.05) is 12.1 Å². The zero-order valence-corrected chi connectivity index (χ0v) is 12.6. The highest BCUT2D eigenvalue weighted by Crippen LogP contribution is 2.11. The van der Waals surface area contributed by atoms with E-state index in [0.717, 1.165) is 18.6 Å². The molecule has 2 aromatic rings. The van der Waals surface area contributed by atoms with Crippen molar-refractivity contribution in [1.29, 1.82) is 0 Å². The fourth-order valence-electron chi connectivity index (χ4n) is 2.02. The number of carbonyl (C=O) groups is 1. The van der Waals surface area contributed by atoms with E-state index in [1.807, 2.05) is 6.92 Å². The number of pyridine rings is 1. The molecule has 120 valence electrons. The third-order valence-corrected chi connectivity index (χ3v) is 3.13. The zero-order chi connectivity index (χ0) is 16.8. The number of esters is 1. The van der Waals surface area contributed by atoms with Gasteiger partial charge in [0.1, 0.15) is 0 Å². The van der Waals surface area contributed by atoms with Crippen molar-refractivity contribution in [3.63, 3.8) is 0 Å². The summed E-state index contributed by atoms with van der Waals surface area (Å²) in [6.07, 6.45) is 1.92. The summed E-state index contributed by atoms with van der Waals surface area (Å²) in [6.45, 7) is 2.38. The summed E-state index contributed by atoms with van der Waals surface area (Å²) < 4.78 is 6.29. The van der Waals surface area contributed by atoms with Gasteiger partial charge in [0.15, 0.2) is 0 Å². The fraction of sp³-hybridized carbons (Fsp3) is 0.250. The molecule has 0 spiro atoms. The second-order valence-electron chi connectivity index (χ2n) is 4.95. The van der Waals surface area contributed by atoms with Crippen molar-refractivity contribution in [2.24, 2.45) is 0 Å². The van der Waals surface area contributed by atoms with Gasteiger partial charge in [-0.1, -0.05) is 19.1 Å². The van der Waals surface area contributed by atoms with Crippen LogP contribution in [0.25, 0.3) is 0 Å². The highest BCUT2D eigenvalue weighted by molar-refractivity contribution is 5.89. The normalized spacial score (nSPS) is 10.3. The van der Waals surface area contributed by atoms with Gasteiger partial charge >= 0.3 is 5.97 Å². The molecule has 0 fully saturated rings. The minimum absolute atomic E-state index is 0.134. The summed E-state index contributed by atoms with van der Waals surface area (Å²) >= 11 is 0. The Labute approximate surface area is 132 Å². The van der Waals surface area contributed by atoms with Crippen LogP contribution in [0.2, 0.25) is 0 Å². The van der Waals surface area contributed by atoms with Crippen LogP contribution in [0.4, 0.5) is 5.69 Å². The van der Waals surface area contributed by atoms with E-state index in [-0.39, 0.29) is 17.8 Å². The Balaban J connectivity index is 2.24. The van der Waals surface area contributed by atoms with Crippen molar-refractivity contribution in [3.8, 4) is 0 Å². The topological polar surface area (TPSA) is 91.4 Å². The largest absolute Gasteiger partial charge is 0.462 e. The lowest BCUT2D eigenvalue weighted by Crippen LogP contribution is -2.19. The Morgan fingerprint density at radius 3 is 2.78 bits per heavy atom. The molecule has 1 aromatic carbocycles.